The average molecular weight is 582 g/mol. The van der Waals surface area contributed by atoms with Crippen LogP contribution < -0.4 is 14.9 Å². The van der Waals surface area contributed by atoms with E-state index in [4.69, 9.17) is 9.15 Å². The Morgan fingerprint density at radius 1 is 1.12 bits per heavy atom. The van der Waals surface area contributed by atoms with E-state index in [0.29, 0.717) is 26.4 Å². The average Bonchev–Trinajstić information content (AvgIpc) is 3.43. The zero-order valence-electron chi connectivity index (χ0n) is 18.3. The Labute approximate surface area is 212 Å². The molecule has 2 aromatic heterocycles. The third-order valence-corrected chi connectivity index (χ3v) is 7.27. The number of methoxy groups -OCH3 is 1. The number of benzene rings is 2. The van der Waals surface area contributed by atoms with E-state index in [-0.39, 0.29) is 5.56 Å². The fourth-order valence-corrected chi connectivity index (χ4v) is 5.36. The van der Waals surface area contributed by atoms with Gasteiger partial charge in [-0.05, 0) is 59.3 Å². The summed E-state index contributed by atoms with van der Waals surface area (Å²) in [6, 6.07) is 20.6. The first kappa shape index (κ1) is 22.5. The largest absolute Gasteiger partial charge is 0.466 e. The summed E-state index contributed by atoms with van der Waals surface area (Å²) in [4.78, 5) is 31.3. The number of carbonyl (C=O) groups is 1. The lowest BCUT2D eigenvalue weighted by molar-refractivity contribution is -0.136. The second kappa shape index (κ2) is 9.19. The maximum absolute atomic E-state index is 13.5. The maximum Gasteiger partial charge on any atom is 0.338 e. The summed E-state index contributed by atoms with van der Waals surface area (Å²) >= 11 is 3.53. The standard InChI is InChI=1S/C26H19IN2O4S/c1-15-22(25(31)32-2)23(17-6-4-3-5-7-17)29-24(30)21(34-26(29)28-15)14-19-12-13-20(33-19)16-8-10-18(27)11-9-16/h3-14,23H,1-2H3/b21-14-/t23-/m1/s1. The van der Waals surface area contributed by atoms with Crippen LogP contribution in [0.5, 0.6) is 0 Å². The highest BCUT2D eigenvalue weighted by Gasteiger charge is 2.32. The minimum atomic E-state index is -0.619. The van der Waals surface area contributed by atoms with Gasteiger partial charge in [0.15, 0.2) is 4.80 Å². The lowest BCUT2D eigenvalue weighted by Gasteiger charge is -2.24. The number of halogens is 1. The lowest BCUT2D eigenvalue weighted by Crippen LogP contribution is -2.39. The molecule has 0 fully saturated rings. The van der Waals surface area contributed by atoms with Crippen LogP contribution in [-0.2, 0) is 9.53 Å². The van der Waals surface area contributed by atoms with Crippen molar-refractivity contribution < 1.29 is 13.9 Å². The minimum Gasteiger partial charge on any atom is -0.466 e. The molecule has 1 atom stereocenters. The van der Waals surface area contributed by atoms with Crippen LogP contribution in [0.2, 0.25) is 0 Å². The van der Waals surface area contributed by atoms with E-state index in [9.17, 15) is 9.59 Å². The molecule has 0 N–H and O–H groups in total. The predicted octanol–water partition coefficient (Wildman–Crippen LogP) is 4.27. The van der Waals surface area contributed by atoms with Crippen LogP contribution in [0.3, 0.4) is 0 Å². The Kier molecular flexibility index (Phi) is 6.09. The second-order valence-electron chi connectivity index (χ2n) is 7.69. The molecule has 0 bridgehead atoms. The molecule has 0 spiro atoms. The Morgan fingerprint density at radius 3 is 2.56 bits per heavy atom. The molecule has 170 valence electrons. The second-order valence-corrected chi connectivity index (χ2v) is 9.95. The lowest BCUT2D eigenvalue weighted by atomic mass is 9.96. The van der Waals surface area contributed by atoms with Gasteiger partial charge in [-0.15, -0.1) is 0 Å². The number of ether oxygens (including phenoxy) is 1. The van der Waals surface area contributed by atoms with Crippen LogP contribution >= 0.6 is 33.9 Å². The third-order valence-electron chi connectivity index (χ3n) is 5.57. The van der Waals surface area contributed by atoms with Crippen molar-refractivity contribution in [1.82, 2.24) is 4.57 Å². The monoisotopic (exact) mass is 582 g/mol. The molecule has 1 aliphatic rings. The Morgan fingerprint density at radius 2 is 1.85 bits per heavy atom. The quantitative estimate of drug-likeness (QED) is 0.266. The van der Waals surface area contributed by atoms with Gasteiger partial charge in [-0.3, -0.25) is 9.36 Å². The normalized spacial score (nSPS) is 15.7. The zero-order chi connectivity index (χ0) is 23.8. The third kappa shape index (κ3) is 4.07. The van der Waals surface area contributed by atoms with E-state index in [0.717, 1.165) is 20.5 Å². The van der Waals surface area contributed by atoms with Crippen molar-refractivity contribution >= 4 is 46.0 Å². The number of furan rings is 1. The molecule has 3 heterocycles. The number of carbonyl (C=O) groups excluding carboxylic acids is 1. The number of hydrogen-bond acceptors (Lipinski definition) is 6. The summed E-state index contributed by atoms with van der Waals surface area (Å²) in [6.07, 6.45) is 1.72. The number of allylic oxidation sites excluding steroid dienone is 1. The first-order chi connectivity index (χ1) is 16.5. The van der Waals surface area contributed by atoms with Gasteiger partial charge in [0.05, 0.1) is 29.0 Å². The van der Waals surface area contributed by atoms with E-state index >= 15 is 0 Å². The van der Waals surface area contributed by atoms with Crippen LogP contribution in [0.15, 0.2) is 92.2 Å². The highest BCUT2D eigenvalue weighted by Crippen LogP contribution is 2.30. The van der Waals surface area contributed by atoms with Crippen LogP contribution in [0.4, 0.5) is 0 Å². The number of fused-ring (bicyclic) bond motifs is 1. The van der Waals surface area contributed by atoms with E-state index in [1.165, 1.54) is 18.4 Å². The van der Waals surface area contributed by atoms with E-state index in [1.54, 1.807) is 17.6 Å². The summed E-state index contributed by atoms with van der Waals surface area (Å²) in [5.74, 6) is 0.790. The Hall–Kier alpha value is -3.24. The summed E-state index contributed by atoms with van der Waals surface area (Å²) < 4.78 is 14.2. The zero-order valence-corrected chi connectivity index (χ0v) is 21.3. The minimum absolute atomic E-state index is 0.237. The van der Waals surface area contributed by atoms with Gasteiger partial charge in [0.2, 0.25) is 0 Å². The molecule has 0 unspecified atom stereocenters. The molecule has 8 heteroatoms. The summed E-state index contributed by atoms with van der Waals surface area (Å²) in [5, 5.41) is 0. The van der Waals surface area contributed by atoms with Gasteiger partial charge in [0.25, 0.3) is 5.56 Å². The van der Waals surface area contributed by atoms with Crippen molar-refractivity contribution in [2.45, 2.75) is 13.0 Å². The van der Waals surface area contributed by atoms with Gasteiger partial charge in [-0.2, -0.15) is 0 Å². The van der Waals surface area contributed by atoms with Crippen molar-refractivity contribution in [3.05, 3.63) is 113 Å². The summed E-state index contributed by atoms with van der Waals surface area (Å²) in [7, 11) is 1.33. The van der Waals surface area contributed by atoms with Gasteiger partial charge in [0.1, 0.15) is 11.5 Å². The fraction of sp³-hybridized carbons (Fsp3) is 0.115. The Balaban J connectivity index is 1.63. The van der Waals surface area contributed by atoms with Crippen LogP contribution in [-0.4, -0.2) is 17.6 Å². The van der Waals surface area contributed by atoms with E-state index < -0.39 is 12.0 Å². The van der Waals surface area contributed by atoms with Crippen molar-refractivity contribution in [2.24, 2.45) is 4.99 Å². The number of nitrogens with zero attached hydrogens (tertiary/aromatic N) is 2. The number of rotatable bonds is 4. The van der Waals surface area contributed by atoms with Crippen LogP contribution in [0.1, 0.15) is 24.3 Å². The molecular formula is C26H19IN2O4S. The van der Waals surface area contributed by atoms with Crippen molar-refractivity contribution in [3.8, 4) is 11.3 Å². The van der Waals surface area contributed by atoms with Crippen molar-refractivity contribution in [2.75, 3.05) is 7.11 Å². The van der Waals surface area contributed by atoms with Crippen LogP contribution in [0.25, 0.3) is 17.4 Å². The number of thiazole rings is 1. The van der Waals surface area contributed by atoms with Crippen molar-refractivity contribution in [1.29, 1.82) is 0 Å². The smallest absolute Gasteiger partial charge is 0.338 e. The Bertz CT molecular complexity index is 1590. The van der Waals surface area contributed by atoms with Gasteiger partial charge in [0, 0.05) is 15.2 Å². The molecule has 1 aliphatic heterocycles. The molecule has 4 aromatic rings. The fourth-order valence-electron chi connectivity index (χ4n) is 3.97. The molecule has 2 aromatic carbocycles. The van der Waals surface area contributed by atoms with Gasteiger partial charge < -0.3 is 9.15 Å². The molecular weight excluding hydrogens is 563 g/mol. The molecule has 0 saturated heterocycles. The highest BCUT2D eigenvalue weighted by atomic mass is 127. The molecule has 5 rings (SSSR count). The van der Waals surface area contributed by atoms with Crippen LogP contribution in [0, 0.1) is 3.57 Å². The molecule has 0 saturated carbocycles. The molecule has 34 heavy (non-hydrogen) atoms. The first-order valence-electron chi connectivity index (χ1n) is 10.5. The molecule has 0 radical (unpaired) electrons. The first-order valence-corrected chi connectivity index (χ1v) is 12.4. The number of hydrogen-bond donors (Lipinski definition) is 0. The predicted molar refractivity (Wildman–Crippen MR) is 139 cm³/mol. The van der Waals surface area contributed by atoms with Gasteiger partial charge in [-0.1, -0.05) is 53.8 Å². The summed E-state index contributed by atoms with van der Waals surface area (Å²) in [6.45, 7) is 1.76. The number of aromatic nitrogens is 1. The van der Waals surface area contributed by atoms with Crippen molar-refractivity contribution in [3.63, 3.8) is 0 Å². The summed E-state index contributed by atoms with van der Waals surface area (Å²) in [5.41, 5.74) is 2.42. The maximum atomic E-state index is 13.5. The molecule has 0 amide bonds. The van der Waals surface area contributed by atoms with Gasteiger partial charge in [-0.25, -0.2) is 9.79 Å². The number of esters is 1. The molecule has 6 nitrogen and oxygen atoms in total. The molecule has 0 aliphatic carbocycles. The van der Waals surface area contributed by atoms with Gasteiger partial charge >= 0.3 is 5.97 Å². The van der Waals surface area contributed by atoms with E-state index in [1.807, 2.05) is 66.7 Å². The topological polar surface area (TPSA) is 73.8 Å². The highest BCUT2D eigenvalue weighted by molar-refractivity contribution is 14.1. The SMILES string of the molecule is COC(=O)C1=C(C)N=c2s/c(=C\c3ccc(-c4ccc(I)cc4)o3)c(=O)n2[C@@H]1c1ccccc1. The van der Waals surface area contributed by atoms with E-state index in [2.05, 4.69) is 27.6 Å².